The van der Waals surface area contributed by atoms with Gasteiger partial charge in [-0.3, -0.25) is 0 Å². The van der Waals surface area contributed by atoms with Gasteiger partial charge < -0.3 is 4.74 Å². The van der Waals surface area contributed by atoms with Gasteiger partial charge in [-0.1, -0.05) is 6.08 Å². The van der Waals surface area contributed by atoms with Crippen molar-refractivity contribution in [1.29, 1.82) is 0 Å². The SMILES string of the molecule is C=C[C]1CO1. The first-order valence-corrected chi connectivity index (χ1v) is 1.54. The standard InChI is InChI=1S/C4H5O/c1-2-4-3-5-4/h2H,1,3H2. The Morgan fingerprint density at radius 1 is 2.00 bits per heavy atom. The largest absolute Gasteiger partial charge is 0.362 e. The normalized spacial score (nSPS) is 22.4. The van der Waals surface area contributed by atoms with Crippen molar-refractivity contribution in [2.75, 3.05) is 6.61 Å². The van der Waals surface area contributed by atoms with E-state index in [0.29, 0.717) is 0 Å². The summed E-state index contributed by atoms with van der Waals surface area (Å²) in [6, 6.07) is 0. The minimum absolute atomic E-state index is 0.809. The van der Waals surface area contributed by atoms with E-state index in [1.807, 2.05) is 0 Å². The first-order chi connectivity index (χ1) is 2.43. The Balaban J connectivity index is 2.21. The topological polar surface area (TPSA) is 12.5 Å². The number of ether oxygens (including phenoxy) is 1. The number of epoxide rings is 1. The number of rotatable bonds is 1. The molecule has 1 aliphatic rings. The van der Waals surface area contributed by atoms with E-state index in [4.69, 9.17) is 0 Å². The zero-order valence-corrected chi connectivity index (χ0v) is 2.90. The molecule has 0 amide bonds. The summed E-state index contributed by atoms with van der Waals surface area (Å²) >= 11 is 0. The summed E-state index contributed by atoms with van der Waals surface area (Å²) in [5.41, 5.74) is 0. The average Bonchev–Trinajstić information content (AvgIpc) is 2.12. The van der Waals surface area contributed by atoms with Gasteiger partial charge in [0, 0.05) is 0 Å². The molecule has 0 aromatic carbocycles. The summed E-state index contributed by atoms with van der Waals surface area (Å²) in [6.07, 6.45) is 2.74. The van der Waals surface area contributed by atoms with Gasteiger partial charge in [0.15, 0.2) is 0 Å². The lowest BCUT2D eigenvalue weighted by Gasteiger charge is -1.57. The maximum absolute atomic E-state index is 4.66. The van der Waals surface area contributed by atoms with E-state index in [1.54, 1.807) is 6.08 Å². The Hall–Kier alpha value is -0.300. The summed E-state index contributed by atoms with van der Waals surface area (Å²) in [5.74, 6) is 0. The summed E-state index contributed by atoms with van der Waals surface area (Å²) in [6.45, 7) is 4.27. The molecule has 0 aromatic heterocycles. The molecule has 1 heteroatoms. The molecule has 0 aliphatic carbocycles. The van der Waals surface area contributed by atoms with Crippen molar-refractivity contribution in [3.63, 3.8) is 0 Å². The van der Waals surface area contributed by atoms with Crippen LogP contribution in [0.2, 0.25) is 0 Å². The van der Waals surface area contributed by atoms with Crippen molar-refractivity contribution in [2.45, 2.75) is 0 Å². The van der Waals surface area contributed by atoms with E-state index in [-0.39, 0.29) is 0 Å². The van der Waals surface area contributed by atoms with Crippen LogP contribution in [-0.4, -0.2) is 6.61 Å². The number of hydrogen-bond acceptors (Lipinski definition) is 1. The molecule has 0 N–H and O–H groups in total. The van der Waals surface area contributed by atoms with Crippen LogP contribution in [-0.2, 0) is 4.74 Å². The number of hydrogen-bond donors (Lipinski definition) is 0. The van der Waals surface area contributed by atoms with E-state index in [9.17, 15) is 0 Å². The monoisotopic (exact) mass is 69.0 g/mol. The molecule has 0 aromatic rings. The zero-order chi connectivity index (χ0) is 3.70. The highest BCUT2D eigenvalue weighted by Crippen LogP contribution is 2.18. The first-order valence-electron chi connectivity index (χ1n) is 1.54. The second kappa shape index (κ2) is 0.830. The first kappa shape index (κ1) is 2.91. The molecule has 1 fully saturated rings. The average molecular weight is 69.1 g/mol. The van der Waals surface area contributed by atoms with Crippen molar-refractivity contribution < 1.29 is 4.74 Å². The van der Waals surface area contributed by atoms with Crippen molar-refractivity contribution in [3.8, 4) is 0 Å². The molecular formula is C4H5O. The molecular weight excluding hydrogens is 64.0 g/mol. The molecule has 1 rings (SSSR count). The second-order valence-corrected chi connectivity index (χ2v) is 0.959. The molecule has 0 spiro atoms. The predicted octanol–water partition coefficient (Wildman–Crippen LogP) is 0.735. The van der Waals surface area contributed by atoms with Gasteiger partial charge in [0.2, 0.25) is 0 Å². The maximum atomic E-state index is 4.66. The van der Waals surface area contributed by atoms with Gasteiger partial charge in [0.25, 0.3) is 0 Å². The van der Waals surface area contributed by atoms with E-state index in [0.717, 1.165) is 12.7 Å². The molecule has 1 radical (unpaired) electrons. The molecule has 0 unspecified atom stereocenters. The molecule has 1 nitrogen and oxygen atoms in total. The molecule has 0 saturated carbocycles. The van der Waals surface area contributed by atoms with E-state index < -0.39 is 0 Å². The molecule has 5 heavy (non-hydrogen) atoms. The van der Waals surface area contributed by atoms with Crippen molar-refractivity contribution in [3.05, 3.63) is 18.8 Å². The van der Waals surface area contributed by atoms with Crippen LogP contribution < -0.4 is 0 Å². The summed E-state index contributed by atoms with van der Waals surface area (Å²) < 4.78 is 4.66. The molecule has 1 aliphatic heterocycles. The van der Waals surface area contributed by atoms with E-state index in [1.165, 1.54) is 0 Å². The Kier molecular flexibility index (Phi) is 0.484. The Morgan fingerprint density at radius 2 is 2.60 bits per heavy atom. The highest BCUT2D eigenvalue weighted by molar-refractivity contribution is 5.07. The molecule has 0 atom stereocenters. The van der Waals surface area contributed by atoms with Gasteiger partial charge >= 0.3 is 0 Å². The fourth-order valence-electron chi connectivity index (χ4n) is 0.160. The Morgan fingerprint density at radius 3 is 2.60 bits per heavy atom. The highest BCUT2D eigenvalue weighted by Gasteiger charge is 2.18. The van der Waals surface area contributed by atoms with E-state index >= 15 is 0 Å². The summed E-state index contributed by atoms with van der Waals surface area (Å²) in [4.78, 5) is 0. The molecule has 27 valence electrons. The zero-order valence-electron chi connectivity index (χ0n) is 2.90. The third kappa shape index (κ3) is 0.484. The lowest BCUT2D eigenvalue weighted by molar-refractivity contribution is 0.485. The van der Waals surface area contributed by atoms with Crippen LogP contribution >= 0.6 is 0 Å². The third-order valence-electron chi connectivity index (χ3n) is 0.539. The Bertz CT molecular complexity index is 45.6. The van der Waals surface area contributed by atoms with Crippen LogP contribution in [0.15, 0.2) is 12.7 Å². The predicted molar refractivity (Wildman–Crippen MR) is 19.4 cm³/mol. The van der Waals surface area contributed by atoms with Crippen LogP contribution in [0, 0.1) is 6.10 Å². The van der Waals surface area contributed by atoms with Gasteiger partial charge in [-0.15, -0.1) is 6.58 Å². The lowest BCUT2D eigenvalue weighted by Crippen LogP contribution is -1.50. The Labute approximate surface area is 31.3 Å². The fourth-order valence-corrected chi connectivity index (χ4v) is 0.160. The van der Waals surface area contributed by atoms with Crippen molar-refractivity contribution in [1.82, 2.24) is 0 Å². The maximum Gasteiger partial charge on any atom is 0.144 e. The summed E-state index contributed by atoms with van der Waals surface area (Å²) in [5, 5.41) is 0. The van der Waals surface area contributed by atoms with Crippen LogP contribution in [0.25, 0.3) is 0 Å². The smallest absolute Gasteiger partial charge is 0.144 e. The van der Waals surface area contributed by atoms with Crippen LogP contribution in [0.3, 0.4) is 0 Å². The highest BCUT2D eigenvalue weighted by atomic mass is 16.6. The van der Waals surface area contributed by atoms with Gasteiger partial charge in [0.05, 0.1) is 6.61 Å². The van der Waals surface area contributed by atoms with Crippen LogP contribution in [0.1, 0.15) is 0 Å². The molecule has 1 saturated heterocycles. The lowest BCUT2D eigenvalue weighted by atomic mass is 10.5. The quantitative estimate of drug-likeness (QED) is 0.413. The van der Waals surface area contributed by atoms with Crippen molar-refractivity contribution in [2.24, 2.45) is 0 Å². The molecule has 1 heterocycles. The van der Waals surface area contributed by atoms with Gasteiger partial charge in [-0.05, 0) is 0 Å². The second-order valence-electron chi connectivity index (χ2n) is 0.959. The van der Waals surface area contributed by atoms with Crippen LogP contribution in [0.4, 0.5) is 0 Å². The minimum Gasteiger partial charge on any atom is -0.362 e. The third-order valence-corrected chi connectivity index (χ3v) is 0.539. The van der Waals surface area contributed by atoms with Gasteiger partial charge in [0.1, 0.15) is 6.10 Å². The van der Waals surface area contributed by atoms with E-state index in [2.05, 4.69) is 11.3 Å². The van der Waals surface area contributed by atoms with Crippen LogP contribution in [0.5, 0.6) is 0 Å². The summed E-state index contributed by atoms with van der Waals surface area (Å²) in [7, 11) is 0. The minimum atomic E-state index is 0.809. The molecule has 0 bridgehead atoms. The van der Waals surface area contributed by atoms with Gasteiger partial charge in [-0.25, -0.2) is 0 Å². The fraction of sp³-hybridized carbons (Fsp3) is 0.250. The van der Waals surface area contributed by atoms with Gasteiger partial charge in [-0.2, -0.15) is 0 Å². The van der Waals surface area contributed by atoms with Crippen molar-refractivity contribution >= 4 is 0 Å².